The van der Waals surface area contributed by atoms with Gasteiger partial charge in [0.05, 0.1) is 43.4 Å². The molecule has 0 aliphatic carbocycles. The van der Waals surface area contributed by atoms with Crippen molar-refractivity contribution in [2.45, 2.75) is 0 Å². The fourth-order valence-electron chi connectivity index (χ4n) is 2.59. The summed E-state index contributed by atoms with van der Waals surface area (Å²) in [7, 11) is 2.88. The quantitative estimate of drug-likeness (QED) is 0.518. The fraction of sp³-hybridized carbons (Fsp3) is 0.118. The van der Waals surface area contributed by atoms with E-state index in [1.165, 1.54) is 18.0 Å². The third-order valence-corrected chi connectivity index (χ3v) is 3.83. The number of hydrogen-bond donors (Lipinski definition) is 0. The molecule has 4 aromatic rings. The largest absolute Gasteiger partial charge is 0.481 e. The van der Waals surface area contributed by atoms with Crippen LogP contribution in [0.2, 0.25) is 0 Å². The highest BCUT2D eigenvalue weighted by molar-refractivity contribution is 5.88. The SMILES string of the molecule is COC(=O)c1cnn(-c2ccc3ncc(-c4cccnc4OC)n3n2)c1. The Balaban J connectivity index is 1.82. The molecule has 0 amide bonds. The van der Waals surface area contributed by atoms with E-state index in [1.54, 1.807) is 36.3 Å². The van der Waals surface area contributed by atoms with E-state index in [9.17, 15) is 4.79 Å². The Morgan fingerprint density at radius 3 is 2.81 bits per heavy atom. The molecule has 0 fully saturated rings. The molecule has 26 heavy (non-hydrogen) atoms. The maximum Gasteiger partial charge on any atom is 0.341 e. The van der Waals surface area contributed by atoms with Gasteiger partial charge in [0.2, 0.25) is 5.88 Å². The first-order valence-electron chi connectivity index (χ1n) is 7.69. The topological polar surface area (TPSA) is 96.4 Å². The third-order valence-electron chi connectivity index (χ3n) is 3.83. The summed E-state index contributed by atoms with van der Waals surface area (Å²) >= 11 is 0. The standard InChI is InChI=1S/C17H14N6O3/c1-25-16-12(4-3-7-18-16)13-9-19-14-5-6-15(21-23(13)14)22-10-11(8-20-22)17(24)26-2/h3-10H,1-2H3. The lowest BCUT2D eigenvalue weighted by molar-refractivity contribution is 0.0600. The Morgan fingerprint density at radius 2 is 2.00 bits per heavy atom. The van der Waals surface area contributed by atoms with Crippen molar-refractivity contribution in [3.8, 4) is 23.0 Å². The number of nitrogens with zero attached hydrogens (tertiary/aromatic N) is 6. The zero-order valence-electron chi connectivity index (χ0n) is 14.0. The van der Waals surface area contributed by atoms with Crippen LogP contribution in [-0.2, 0) is 4.74 Å². The lowest BCUT2D eigenvalue weighted by Crippen LogP contribution is -2.04. The molecular formula is C17H14N6O3. The van der Waals surface area contributed by atoms with Crippen LogP contribution in [0.3, 0.4) is 0 Å². The van der Waals surface area contributed by atoms with Gasteiger partial charge < -0.3 is 9.47 Å². The van der Waals surface area contributed by atoms with E-state index in [-0.39, 0.29) is 0 Å². The lowest BCUT2D eigenvalue weighted by Gasteiger charge is -2.07. The van der Waals surface area contributed by atoms with Crippen LogP contribution in [0, 0.1) is 0 Å². The molecule has 0 saturated heterocycles. The summed E-state index contributed by atoms with van der Waals surface area (Å²) in [5.74, 6) is 0.545. The minimum Gasteiger partial charge on any atom is -0.481 e. The molecule has 0 aliphatic heterocycles. The molecule has 4 heterocycles. The van der Waals surface area contributed by atoms with Gasteiger partial charge in [0.15, 0.2) is 11.5 Å². The Labute approximate surface area is 147 Å². The van der Waals surface area contributed by atoms with Crippen LogP contribution in [0.25, 0.3) is 22.7 Å². The van der Waals surface area contributed by atoms with Crippen molar-refractivity contribution in [3.05, 3.63) is 54.6 Å². The van der Waals surface area contributed by atoms with Crippen molar-refractivity contribution in [2.24, 2.45) is 0 Å². The van der Waals surface area contributed by atoms with Gasteiger partial charge in [-0.3, -0.25) is 0 Å². The summed E-state index contributed by atoms with van der Waals surface area (Å²) in [6.07, 6.45) is 6.34. The van der Waals surface area contributed by atoms with Crippen molar-refractivity contribution >= 4 is 11.6 Å². The van der Waals surface area contributed by atoms with Gasteiger partial charge in [0, 0.05) is 12.4 Å². The molecule has 4 rings (SSSR count). The Morgan fingerprint density at radius 1 is 1.12 bits per heavy atom. The maximum absolute atomic E-state index is 11.6. The number of fused-ring (bicyclic) bond motifs is 1. The molecule has 130 valence electrons. The number of imidazole rings is 1. The van der Waals surface area contributed by atoms with E-state index in [1.807, 2.05) is 18.2 Å². The molecule has 0 aromatic carbocycles. The Kier molecular flexibility index (Phi) is 3.81. The van der Waals surface area contributed by atoms with Gasteiger partial charge in [0.1, 0.15) is 0 Å². The van der Waals surface area contributed by atoms with Crippen LogP contribution in [0.5, 0.6) is 5.88 Å². The van der Waals surface area contributed by atoms with Gasteiger partial charge >= 0.3 is 5.97 Å². The normalized spacial score (nSPS) is 10.8. The summed E-state index contributed by atoms with van der Waals surface area (Å²) < 4.78 is 13.2. The summed E-state index contributed by atoms with van der Waals surface area (Å²) in [6.45, 7) is 0. The zero-order chi connectivity index (χ0) is 18.1. The number of aromatic nitrogens is 6. The lowest BCUT2D eigenvalue weighted by atomic mass is 10.2. The second-order valence-electron chi connectivity index (χ2n) is 5.33. The Hall–Kier alpha value is -3.75. The minimum absolute atomic E-state index is 0.342. The van der Waals surface area contributed by atoms with Crippen LogP contribution in [0.4, 0.5) is 0 Å². The molecule has 9 nitrogen and oxygen atoms in total. The molecular weight excluding hydrogens is 336 g/mol. The number of esters is 1. The van der Waals surface area contributed by atoms with Gasteiger partial charge in [0.25, 0.3) is 0 Å². The average molecular weight is 350 g/mol. The van der Waals surface area contributed by atoms with Crippen LogP contribution in [0.15, 0.2) is 49.1 Å². The van der Waals surface area contributed by atoms with Gasteiger partial charge in [-0.25, -0.2) is 24.0 Å². The molecule has 4 aromatic heterocycles. The zero-order valence-corrected chi connectivity index (χ0v) is 14.0. The predicted octanol–water partition coefficient (Wildman–Crippen LogP) is 1.77. The summed E-state index contributed by atoms with van der Waals surface area (Å²) in [5, 5.41) is 8.74. The van der Waals surface area contributed by atoms with Gasteiger partial charge in [-0.2, -0.15) is 5.10 Å². The average Bonchev–Trinajstić information content (AvgIpc) is 3.34. The maximum atomic E-state index is 11.6. The summed E-state index contributed by atoms with van der Waals surface area (Å²) in [6, 6.07) is 7.28. The number of rotatable bonds is 4. The van der Waals surface area contributed by atoms with Crippen molar-refractivity contribution in [1.29, 1.82) is 0 Å². The summed E-state index contributed by atoms with van der Waals surface area (Å²) in [5.41, 5.74) is 2.50. The molecule has 0 bridgehead atoms. The minimum atomic E-state index is -0.458. The molecule has 0 N–H and O–H groups in total. The molecule has 0 unspecified atom stereocenters. The van der Waals surface area contributed by atoms with E-state index < -0.39 is 5.97 Å². The second-order valence-corrected chi connectivity index (χ2v) is 5.33. The molecule has 0 saturated carbocycles. The molecule has 0 aliphatic rings. The first-order valence-corrected chi connectivity index (χ1v) is 7.69. The van der Waals surface area contributed by atoms with Crippen LogP contribution in [0.1, 0.15) is 10.4 Å². The van der Waals surface area contributed by atoms with E-state index in [0.29, 0.717) is 22.9 Å². The summed E-state index contributed by atoms with van der Waals surface area (Å²) in [4.78, 5) is 20.2. The predicted molar refractivity (Wildman–Crippen MR) is 91.2 cm³/mol. The molecule has 9 heteroatoms. The highest BCUT2D eigenvalue weighted by Gasteiger charge is 2.15. The van der Waals surface area contributed by atoms with Crippen LogP contribution >= 0.6 is 0 Å². The number of hydrogen-bond acceptors (Lipinski definition) is 7. The van der Waals surface area contributed by atoms with E-state index in [0.717, 1.165) is 11.3 Å². The fourth-order valence-corrected chi connectivity index (χ4v) is 2.59. The van der Waals surface area contributed by atoms with E-state index in [4.69, 9.17) is 9.47 Å². The van der Waals surface area contributed by atoms with Crippen molar-refractivity contribution < 1.29 is 14.3 Å². The van der Waals surface area contributed by atoms with Crippen LogP contribution in [-0.4, -0.2) is 49.6 Å². The van der Waals surface area contributed by atoms with Gasteiger partial charge in [-0.05, 0) is 24.3 Å². The van der Waals surface area contributed by atoms with E-state index >= 15 is 0 Å². The highest BCUT2D eigenvalue weighted by atomic mass is 16.5. The number of carbonyl (C=O) groups is 1. The first-order chi connectivity index (χ1) is 12.7. The number of ether oxygens (including phenoxy) is 2. The smallest absolute Gasteiger partial charge is 0.341 e. The molecule has 0 atom stereocenters. The second kappa shape index (κ2) is 6.28. The highest BCUT2D eigenvalue weighted by Crippen LogP contribution is 2.27. The first kappa shape index (κ1) is 15.8. The van der Waals surface area contributed by atoms with Crippen molar-refractivity contribution in [3.63, 3.8) is 0 Å². The van der Waals surface area contributed by atoms with Crippen molar-refractivity contribution in [1.82, 2.24) is 29.4 Å². The Bertz CT molecular complexity index is 1100. The van der Waals surface area contributed by atoms with Gasteiger partial charge in [-0.1, -0.05) is 0 Å². The van der Waals surface area contributed by atoms with Crippen LogP contribution < -0.4 is 4.74 Å². The third kappa shape index (κ3) is 2.55. The van der Waals surface area contributed by atoms with Gasteiger partial charge in [-0.15, -0.1) is 5.10 Å². The number of carbonyl (C=O) groups excluding carboxylic acids is 1. The monoisotopic (exact) mass is 350 g/mol. The molecule has 0 radical (unpaired) electrons. The number of methoxy groups -OCH3 is 2. The molecule has 0 spiro atoms. The van der Waals surface area contributed by atoms with Crippen molar-refractivity contribution in [2.75, 3.05) is 14.2 Å². The number of pyridine rings is 1. The van der Waals surface area contributed by atoms with E-state index in [2.05, 4.69) is 20.2 Å².